The molecule has 0 radical (unpaired) electrons. The SMILES string of the molecule is [2H]c1c([2H])c([2H])c(-c2cccc(-c3c([2H])c([2H])c([2H])c([2H])c3[2H])c2-[n+]2[c-]n(-c3cccc(Oc4ccc5c6ccccc6n(-c6cc(C(C)(C)C)ccn6)c5c4)c3)cc2-n2c3ccccc3n3c4ccccc4nc23)c([2H])c1[2H]. The summed E-state index contributed by atoms with van der Waals surface area (Å²) in [6, 6.07) is 40.6. The Labute approximate surface area is 412 Å². The Balaban J connectivity index is 1.06. The summed E-state index contributed by atoms with van der Waals surface area (Å²) in [5.41, 5.74) is 6.55. The van der Waals surface area contributed by atoms with Gasteiger partial charge in [0.15, 0.2) is 12.1 Å². The van der Waals surface area contributed by atoms with E-state index in [1.807, 2.05) is 124 Å². The zero-order valence-electron chi connectivity index (χ0n) is 47.5. The molecule has 13 aromatic rings. The maximum atomic E-state index is 9.28. The number of aromatic nitrogens is 7. The van der Waals surface area contributed by atoms with Crippen molar-refractivity contribution in [1.82, 2.24) is 28.1 Å². The van der Waals surface area contributed by atoms with E-state index in [2.05, 4.69) is 55.9 Å². The van der Waals surface area contributed by atoms with Crippen LogP contribution < -0.4 is 9.30 Å². The van der Waals surface area contributed by atoms with Gasteiger partial charge in [0.2, 0.25) is 0 Å². The van der Waals surface area contributed by atoms with E-state index >= 15 is 0 Å². The third-order valence-electron chi connectivity index (χ3n) is 12.6. The van der Waals surface area contributed by atoms with E-state index < -0.39 is 60.4 Å². The van der Waals surface area contributed by atoms with Crippen molar-refractivity contribution >= 4 is 49.7 Å². The van der Waals surface area contributed by atoms with E-state index in [9.17, 15) is 5.48 Å². The molecular formula is C61H45N7O. The fourth-order valence-electron chi connectivity index (χ4n) is 9.45. The summed E-state index contributed by atoms with van der Waals surface area (Å²) in [7, 11) is 0. The summed E-state index contributed by atoms with van der Waals surface area (Å²) < 4.78 is 106. The van der Waals surface area contributed by atoms with Crippen LogP contribution in [0.5, 0.6) is 11.5 Å². The fourth-order valence-corrected chi connectivity index (χ4v) is 9.45. The number of hydrogen-bond acceptors (Lipinski definition) is 3. The molecule has 0 spiro atoms. The smallest absolute Gasteiger partial charge is 0.274 e. The molecule has 13 rings (SSSR count). The second-order valence-electron chi connectivity index (χ2n) is 17.8. The maximum Gasteiger partial charge on any atom is 0.274 e. The number of para-hydroxylation sites is 6. The molecule has 8 nitrogen and oxygen atoms in total. The van der Waals surface area contributed by atoms with Crippen molar-refractivity contribution in [1.29, 1.82) is 0 Å². The summed E-state index contributed by atoms with van der Waals surface area (Å²) in [5, 5.41) is 2.10. The molecule has 0 aliphatic rings. The lowest BCUT2D eigenvalue weighted by Crippen LogP contribution is -2.35. The summed E-state index contributed by atoms with van der Waals surface area (Å²) in [6.45, 7) is 6.54. The highest BCUT2D eigenvalue weighted by Gasteiger charge is 2.26. The molecule has 5 aromatic heterocycles. The highest BCUT2D eigenvalue weighted by Crippen LogP contribution is 2.38. The number of pyridine rings is 1. The van der Waals surface area contributed by atoms with Gasteiger partial charge in [-0.2, -0.15) is 4.98 Å². The Bertz CT molecular complexity index is 4580. The van der Waals surface area contributed by atoms with Crippen LogP contribution in [0.25, 0.3) is 94.9 Å². The molecule has 0 aliphatic carbocycles. The molecule has 0 N–H and O–H groups in total. The molecule has 0 saturated carbocycles. The third-order valence-corrected chi connectivity index (χ3v) is 12.6. The lowest BCUT2D eigenvalue weighted by molar-refractivity contribution is -0.592. The monoisotopic (exact) mass is 901 g/mol. The Hall–Kier alpha value is -9.01. The average Bonchev–Trinajstić information content (AvgIpc) is 4.09. The summed E-state index contributed by atoms with van der Waals surface area (Å²) >= 11 is 0. The predicted molar refractivity (Wildman–Crippen MR) is 277 cm³/mol. The highest BCUT2D eigenvalue weighted by molar-refractivity contribution is 6.09. The van der Waals surface area contributed by atoms with Crippen molar-refractivity contribution in [2.24, 2.45) is 0 Å². The normalized spacial score (nSPS) is 14.0. The standard InChI is InChI=1S/C61H45N7O/c1-61(2,3)43-34-35-62-57(36-43)66-52-28-12-10-24-49(52)50-33-32-46(38-56(50)66)69-45-23-16-22-44(37-45)64-39-58(68-55-31-15-14-30-54(55)67-53-29-13-11-27-51(53)63-60(67)68)65(40-64)59-47(41-18-6-4-7-19-41)25-17-26-48(59)42-20-8-5-9-21-42/h4-39H,1-3H3/i4D,5D,6D,7D,8D,9D,18D,19D,20D,21D. The van der Waals surface area contributed by atoms with Crippen LogP contribution in [-0.2, 0) is 5.41 Å². The van der Waals surface area contributed by atoms with E-state index in [-0.39, 0.29) is 33.4 Å². The molecule has 69 heavy (non-hydrogen) atoms. The van der Waals surface area contributed by atoms with E-state index in [4.69, 9.17) is 22.9 Å². The quantitative estimate of drug-likeness (QED) is 0.113. The summed E-state index contributed by atoms with van der Waals surface area (Å²) in [5.74, 6) is 2.71. The lowest BCUT2D eigenvalue weighted by Gasteiger charge is -2.20. The van der Waals surface area contributed by atoms with Gasteiger partial charge in [-0.15, -0.1) is 0 Å². The minimum Gasteiger partial charge on any atom is -0.458 e. The second kappa shape index (κ2) is 15.8. The molecule has 0 bridgehead atoms. The molecule has 0 saturated heterocycles. The largest absolute Gasteiger partial charge is 0.458 e. The molecule has 0 atom stereocenters. The van der Waals surface area contributed by atoms with Crippen molar-refractivity contribution in [3.8, 4) is 56.8 Å². The van der Waals surface area contributed by atoms with Crippen LogP contribution in [0, 0.1) is 6.33 Å². The first-order chi connectivity index (χ1) is 38.0. The maximum absolute atomic E-state index is 9.28. The first kappa shape index (κ1) is 31.1. The highest BCUT2D eigenvalue weighted by atomic mass is 16.5. The van der Waals surface area contributed by atoms with Gasteiger partial charge >= 0.3 is 0 Å². The Morgan fingerprint density at radius 3 is 1.99 bits per heavy atom. The van der Waals surface area contributed by atoms with Crippen LogP contribution in [0.2, 0.25) is 0 Å². The van der Waals surface area contributed by atoms with Crippen LogP contribution in [0.4, 0.5) is 0 Å². The molecule has 0 fully saturated rings. The zero-order valence-corrected chi connectivity index (χ0v) is 37.5. The molecular weight excluding hydrogens is 847 g/mol. The van der Waals surface area contributed by atoms with Gasteiger partial charge in [-0.25, -0.2) is 9.55 Å². The van der Waals surface area contributed by atoms with Crippen LogP contribution in [-0.4, -0.2) is 28.1 Å². The third kappa shape index (κ3) is 6.71. The minimum absolute atomic E-state index is 0.104. The number of ether oxygens (including phenoxy) is 1. The molecule has 8 aromatic carbocycles. The minimum atomic E-state index is -0.590. The fraction of sp³-hybridized carbons (Fsp3) is 0.0656. The van der Waals surface area contributed by atoms with Gasteiger partial charge in [0, 0.05) is 34.9 Å². The number of imidazole rings is 3. The van der Waals surface area contributed by atoms with Crippen LogP contribution in [0.1, 0.15) is 40.0 Å². The Kier molecular flexibility index (Phi) is 7.12. The van der Waals surface area contributed by atoms with Crippen LogP contribution >= 0.6 is 0 Å². The summed E-state index contributed by atoms with van der Waals surface area (Å²) in [6.07, 6.45) is 7.18. The van der Waals surface area contributed by atoms with Gasteiger partial charge in [-0.3, -0.25) is 13.5 Å². The van der Waals surface area contributed by atoms with E-state index in [1.165, 1.54) is 0 Å². The molecule has 0 unspecified atom stereocenters. The van der Waals surface area contributed by atoms with Gasteiger partial charge in [-0.1, -0.05) is 154 Å². The molecule has 8 heteroatoms. The zero-order chi connectivity index (χ0) is 54.9. The Morgan fingerprint density at radius 2 is 1.23 bits per heavy atom. The Morgan fingerprint density at radius 1 is 0.580 bits per heavy atom. The van der Waals surface area contributed by atoms with E-state index in [0.29, 0.717) is 39.8 Å². The summed E-state index contributed by atoms with van der Waals surface area (Å²) in [4.78, 5) is 10.0. The molecule has 330 valence electrons. The average molecular weight is 902 g/mol. The van der Waals surface area contributed by atoms with Crippen LogP contribution in [0.15, 0.2) is 218 Å². The van der Waals surface area contributed by atoms with Gasteiger partial charge in [-0.05, 0) is 100.0 Å². The number of hydrogen-bond donors (Lipinski definition) is 0. The van der Waals surface area contributed by atoms with Gasteiger partial charge in [0.1, 0.15) is 22.8 Å². The van der Waals surface area contributed by atoms with E-state index in [1.54, 1.807) is 27.3 Å². The molecule has 0 aliphatic heterocycles. The van der Waals surface area contributed by atoms with Crippen molar-refractivity contribution < 1.29 is 23.0 Å². The number of benzene rings is 8. The van der Waals surface area contributed by atoms with E-state index in [0.717, 1.165) is 44.2 Å². The predicted octanol–water partition coefficient (Wildman–Crippen LogP) is 14.2. The lowest BCUT2D eigenvalue weighted by atomic mass is 9.88. The van der Waals surface area contributed by atoms with Crippen molar-refractivity contribution in [2.45, 2.75) is 26.2 Å². The number of nitrogens with zero attached hydrogens (tertiary/aromatic N) is 7. The van der Waals surface area contributed by atoms with Crippen molar-refractivity contribution in [3.63, 3.8) is 0 Å². The van der Waals surface area contributed by atoms with Crippen molar-refractivity contribution in [3.05, 3.63) is 230 Å². The van der Waals surface area contributed by atoms with Crippen molar-refractivity contribution in [2.75, 3.05) is 0 Å². The second-order valence-corrected chi connectivity index (χ2v) is 17.8. The first-order valence-electron chi connectivity index (χ1n) is 27.5. The topological polar surface area (TPSA) is 58.1 Å². The van der Waals surface area contributed by atoms with Gasteiger partial charge < -0.3 is 9.30 Å². The van der Waals surface area contributed by atoms with Gasteiger partial charge in [0.05, 0.1) is 47.0 Å². The molecule has 5 heterocycles. The van der Waals surface area contributed by atoms with Crippen LogP contribution in [0.3, 0.4) is 0 Å². The number of rotatable bonds is 8. The molecule has 0 amide bonds. The van der Waals surface area contributed by atoms with Gasteiger partial charge in [0.25, 0.3) is 5.78 Å². The first-order valence-corrected chi connectivity index (χ1v) is 22.5. The number of fused-ring (bicyclic) bond motifs is 8.